The van der Waals surface area contributed by atoms with Gasteiger partial charge < -0.3 is 21.3 Å². The molecule has 0 saturated carbocycles. The first kappa shape index (κ1) is 18.0. The Kier molecular flexibility index (Phi) is 5.24. The average molecular weight is 354 g/mol. The summed E-state index contributed by atoms with van der Waals surface area (Å²) in [6.45, 7) is 2.37. The van der Waals surface area contributed by atoms with Gasteiger partial charge in [-0.05, 0) is 26.2 Å². The highest BCUT2D eigenvalue weighted by Gasteiger charge is 2.34. The second kappa shape index (κ2) is 7.59. The number of ketones is 2. The molecule has 1 heterocycles. The van der Waals surface area contributed by atoms with Crippen LogP contribution < -0.4 is 16.4 Å². The van der Waals surface area contributed by atoms with Gasteiger partial charge in [-0.25, -0.2) is 0 Å². The molecule has 8 heteroatoms. The first-order valence-corrected chi connectivity index (χ1v) is 8.44. The van der Waals surface area contributed by atoms with Crippen molar-refractivity contribution in [3.8, 4) is 0 Å². The molecule has 8 nitrogen and oxygen atoms in total. The third-order valence-electron chi connectivity index (χ3n) is 4.21. The van der Waals surface area contributed by atoms with E-state index in [1.807, 2.05) is 25.1 Å². The number of benzene rings is 1. The topological polar surface area (TPSA) is 113 Å². The number of rotatable bonds is 7. The lowest BCUT2D eigenvalue weighted by atomic mass is 9.83. The Morgan fingerprint density at radius 3 is 1.88 bits per heavy atom. The van der Waals surface area contributed by atoms with E-state index < -0.39 is 0 Å². The van der Waals surface area contributed by atoms with Gasteiger partial charge in [-0.1, -0.05) is 0 Å². The van der Waals surface area contributed by atoms with Crippen LogP contribution in [-0.2, 0) is 0 Å². The number of nitrogens with one attached hydrogen (secondary N) is 2. The molecular weight excluding hydrogens is 332 g/mol. The number of likely N-dealkylation sites (N-methyl/N-ethyl adjacent to an activating group) is 1. The van der Waals surface area contributed by atoms with Crippen molar-refractivity contribution in [2.24, 2.45) is 5.73 Å². The minimum atomic E-state index is -0.236. The van der Waals surface area contributed by atoms with Crippen molar-refractivity contribution in [1.29, 1.82) is 0 Å². The molecule has 1 aromatic heterocycles. The molecule has 0 amide bonds. The van der Waals surface area contributed by atoms with Gasteiger partial charge >= 0.3 is 0 Å². The van der Waals surface area contributed by atoms with E-state index in [2.05, 4.69) is 20.8 Å². The first-order chi connectivity index (χ1) is 12.5. The van der Waals surface area contributed by atoms with E-state index in [-0.39, 0.29) is 22.7 Å². The summed E-state index contributed by atoms with van der Waals surface area (Å²) < 4.78 is 0. The summed E-state index contributed by atoms with van der Waals surface area (Å²) in [5, 5.41) is 13.9. The standard InChI is InChI=1S/C18H22N6O2/c1-24(2)8-7-21-14-4-3-13(20-6-5-19)15-16(14)18(26)12-10-23-22-9-11(12)17(15)25/h3-4,9-10,20-21H,5-8,19H2,1-2H3. The van der Waals surface area contributed by atoms with Crippen molar-refractivity contribution in [3.05, 3.63) is 46.8 Å². The van der Waals surface area contributed by atoms with Crippen molar-refractivity contribution in [3.63, 3.8) is 0 Å². The lowest BCUT2D eigenvalue weighted by Gasteiger charge is -2.23. The van der Waals surface area contributed by atoms with Crippen LogP contribution in [-0.4, -0.2) is 66.9 Å². The molecule has 1 aromatic carbocycles. The third-order valence-corrected chi connectivity index (χ3v) is 4.21. The van der Waals surface area contributed by atoms with Gasteiger partial charge in [-0.2, -0.15) is 10.2 Å². The van der Waals surface area contributed by atoms with E-state index in [1.165, 1.54) is 12.4 Å². The first-order valence-electron chi connectivity index (χ1n) is 8.44. The largest absolute Gasteiger partial charge is 0.383 e. The molecule has 0 radical (unpaired) electrons. The lowest BCUT2D eigenvalue weighted by Crippen LogP contribution is -2.27. The summed E-state index contributed by atoms with van der Waals surface area (Å²) in [5.74, 6) is -0.464. The second-order valence-electron chi connectivity index (χ2n) is 6.33. The molecule has 0 aliphatic heterocycles. The number of hydrogen-bond donors (Lipinski definition) is 3. The zero-order chi connectivity index (χ0) is 18.7. The maximum atomic E-state index is 13.1. The van der Waals surface area contributed by atoms with E-state index in [4.69, 9.17) is 5.73 Å². The molecule has 1 aliphatic rings. The van der Waals surface area contributed by atoms with E-state index in [0.29, 0.717) is 42.1 Å². The summed E-state index contributed by atoms with van der Waals surface area (Å²) >= 11 is 0. The van der Waals surface area contributed by atoms with Crippen molar-refractivity contribution in [2.45, 2.75) is 0 Å². The van der Waals surface area contributed by atoms with Crippen LogP contribution >= 0.6 is 0 Å². The maximum Gasteiger partial charge on any atom is 0.198 e. The molecule has 3 rings (SSSR count). The summed E-state index contributed by atoms with van der Waals surface area (Å²) in [4.78, 5) is 28.2. The number of nitrogens with zero attached hydrogens (tertiary/aromatic N) is 3. The molecule has 26 heavy (non-hydrogen) atoms. The van der Waals surface area contributed by atoms with Crippen molar-refractivity contribution in [1.82, 2.24) is 15.1 Å². The molecule has 0 spiro atoms. The molecule has 136 valence electrons. The van der Waals surface area contributed by atoms with E-state index >= 15 is 0 Å². The Balaban J connectivity index is 2.08. The predicted octanol–water partition coefficient (Wildman–Crippen LogP) is 0.596. The van der Waals surface area contributed by atoms with Gasteiger partial charge in [-0.3, -0.25) is 9.59 Å². The summed E-state index contributed by atoms with van der Waals surface area (Å²) in [6, 6.07) is 3.62. The number of fused-ring (bicyclic) bond motifs is 2. The summed E-state index contributed by atoms with van der Waals surface area (Å²) in [5.41, 5.74) is 8.10. The molecule has 0 unspecified atom stereocenters. The summed E-state index contributed by atoms with van der Waals surface area (Å²) in [6.07, 6.45) is 2.69. The van der Waals surface area contributed by atoms with E-state index in [1.54, 1.807) is 6.07 Å². The maximum absolute atomic E-state index is 13.1. The number of hydrogen-bond acceptors (Lipinski definition) is 8. The third kappa shape index (κ3) is 3.29. The minimum Gasteiger partial charge on any atom is -0.383 e. The number of carbonyl (C=O) groups excluding carboxylic acids is 2. The Morgan fingerprint density at radius 2 is 1.42 bits per heavy atom. The number of aromatic nitrogens is 2. The van der Waals surface area contributed by atoms with Crippen LogP contribution in [0, 0.1) is 0 Å². The molecule has 0 bridgehead atoms. The zero-order valence-corrected chi connectivity index (χ0v) is 14.9. The monoisotopic (exact) mass is 354 g/mol. The number of anilines is 2. The van der Waals surface area contributed by atoms with Crippen LogP contribution in [0.2, 0.25) is 0 Å². The number of nitrogens with two attached hydrogens (primary N) is 1. The van der Waals surface area contributed by atoms with Crippen LogP contribution in [0.15, 0.2) is 24.5 Å². The average Bonchev–Trinajstić information content (AvgIpc) is 2.64. The predicted molar refractivity (Wildman–Crippen MR) is 99.9 cm³/mol. The number of carbonyl (C=O) groups is 2. The SMILES string of the molecule is CN(C)CCNc1ccc(NCCN)c2c1C(=O)c1cnncc1C2=O. The minimum absolute atomic E-state index is 0.228. The van der Waals surface area contributed by atoms with Gasteiger partial charge in [0.15, 0.2) is 11.6 Å². The van der Waals surface area contributed by atoms with Gasteiger partial charge in [0.25, 0.3) is 0 Å². The van der Waals surface area contributed by atoms with Crippen LogP contribution in [0.25, 0.3) is 0 Å². The Hall–Kier alpha value is -2.84. The molecule has 2 aromatic rings. The quantitative estimate of drug-likeness (QED) is 0.565. The highest BCUT2D eigenvalue weighted by Crippen LogP contribution is 2.35. The highest BCUT2D eigenvalue weighted by molar-refractivity contribution is 6.31. The molecule has 4 N–H and O–H groups in total. The molecular formula is C18H22N6O2. The van der Waals surface area contributed by atoms with Crippen LogP contribution in [0.3, 0.4) is 0 Å². The van der Waals surface area contributed by atoms with E-state index in [9.17, 15) is 9.59 Å². The van der Waals surface area contributed by atoms with Crippen molar-refractivity contribution >= 4 is 22.9 Å². The van der Waals surface area contributed by atoms with Gasteiger partial charge in [0, 0.05) is 37.6 Å². The highest BCUT2D eigenvalue weighted by atomic mass is 16.1. The Morgan fingerprint density at radius 1 is 0.923 bits per heavy atom. The van der Waals surface area contributed by atoms with Gasteiger partial charge in [0.1, 0.15) is 0 Å². The van der Waals surface area contributed by atoms with Gasteiger partial charge in [0.05, 0.1) is 34.6 Å². The zero-order valence-electron chi connectivity index (χ0n) is 14.9. The smallest absolute Gasteiger partial charge is 0.198 e. The fourth-order valence-corrected chi connectivity index (χ4v) is 2.94. The van der Waals surface area contributed by atoms with Crippen LogP contribution in [0.5, 0.6) is 0 Å². The molecule has 0 fully saturated rings. The Bertz CT molecular complexity index is 850. The fraction of sp³-hybridized carbons (Fsp3) is 0.333. The molecule has 1 aliphatic carbocycles. The van der Waals surface area contributed by atoms with E-state index in [0.717, 1.165) is 6.54 Å². The van der Waals surface area contributed by atoms with Gasteiger partial charge in [-0.15, -0.1) is 0 Å². The van der Waals surface area contributed by atoms with Gasteiger partial charge in [0.2, 0.25) is 0 Å². The van der Waals surface area contributed by atoms with Crippen LogP contribution in [0.1, 0.15) is 31.8 Å². The second-order valence-corrected chi connectivity index (χ2v) is 6.33. The van der Waals surface area contributed by atoms with Crippen molar-refractivity contribution < 1.29 is 9.59 Å². The Labute approximate surface area is 151 Å². The van der Waals surface area contributed by atoms with Crippen LogP contribution in [0.4, 0.5) is 11.4 Å². The van der Waals surface area contributed by atoms with Crippen molar-refractivity contribution in [2.75, 3.05) is 50.9 Å². The lowest BCUT2D eigenvalue weighted by molar-refractivity contribution is 0.0979. The fourth-order valence-electron chi connectivity index (χ4n) is 2.94. The normalized spacial score (nSPS) is 12.8. The molecule has 0 saturated heterocycles. The molecule has 0 atom stereocenters. The summed E-state index contributed by atoms with van der Waals surface area (Å²) in [7, 11) is 3.95.